The Morgan fingerprint density at radius 3 is 3.00 bits per heavy atom. The molecular formula is C11H11N5O2S2. The van der Waals surface area contributed by atoms with E-state index in [2.05, 4.69) is 20.0 Å². The topological polar surface area (TPSA) is 89.2 Å². The molecule has 3 aromatic rings. The van der Waals surface area contributed by atoms with Crippen LogP contribution in [0.3, 0.4) is 0 Å². The van der Waals surface area contributed by atoms with E-state index in [4.69, 9.17) is 0 Å². The molecule has 0 unspecified atom stereocenters. The molecule has 0 aliphatic heterocycles. The first-order valence-corrected chi connectivity index (χ1v) is 8.07. The summed E-state index contributed by atoms with van der Waals surface area (Å²) in [5.74, 6) is 0. The minimum absolute atomic E-state index is 0.129. The van der Waals surface area contributed by atoms with E-state index in [0.717, 1.165) is 5.56 Å². The highest BCUT2D eigenvalue weighted by molar-refractivity contribution is 7.89. The molecular weight excluding hydrogens is 298 g/mol. The molecule has 0 saturated heterocycles. The number of aryl methyl sites for hydroxylation is 1. The Balaban J connectivity index is 1.78. The van der Waals surface area contributed by atoms with Gasteiger partial charge in [0.25, 0.3) is 0 Å². The van der Waals surface area contributed by atoms with Crippen molar-refractivity contribution in [3.63, 3.8) is 0 Å². The van der Waals surface area contributed by atoms with Crippen molar-refractivity contribution >= 4 is 26.3 Å². The summed E-state index contributed by atoms with van der Waals surface area (Å²) in [4.78, 5) is 0.884. The molecule has 104 valence electrons. The number of nitrogens with zero attached hydrogens (tertiary/aromatic N) is 4. The van der Waals surface area contributed by atoms with Crippen molar-refractivity contribution in [2.24, 2.45) is 0 Å². The first-order chi connectivity index (χ1) is 9.54. The standard InChI is InChI=1S/C11H11N5O2S2/c1-8-3-2-4-9(5-8)20(17,18)13-6-10-15-16-7-12-14-11(16)19-10/h2-5,7,13H,6H2,1H3. The van der Waals surface area contributed by atoms with Crippen LogP contribution in [0.5, 0.6) is 0 Å². The molecule has 7 nitrogen and oxygen atoms in total. The Labute approximate surface area is 119 Å². The van der Waals surface area contributed by atoms with E-state index in [1.807, 2.05) is 13.0 Å². The maximum absolute atomic E-state index is 12.1. The van der Waals surface area contributed by atoms with Gasteiger partial charge in [-0.2, -0.15) is 9.61 Å². The van der Waals surface area contributed by atoms with Crippen LogP contribution in [0, 0.1) is 6.92 Å². The third kappa shape index (κ3) is 2.55. The summed E-state index contributed by atoms with van der Waals surface area (Å²) in [6.45, 7) is 1.98. The maximum Gasteiger partial charge on any atom is 0.240 e. The molecule has 0 bridgehead atoms. The number of aromatic nitrogens is 4. The zero-order chi connectivity index (χ0) is 14.2. The van der Waals surface area contributed by atoms with Gasteiger partial charge in [-0.25, -0.2) is 13.1 Å². The van der Waals surface area contributed by atoms with Gasteiger partial charge in [0.15, 0.2) is 0 Å². The molecule has 2 aromatic heterocycles. The lowest BCUT2D eigenvalue weighted by molar-refractivity contribution is 0.580. The van der Waals surface area contributed by atoms with Crippen LogP contribution in [0.4, 0.5) is 0 Å². The first kappa shape index (κ1) is 13.2. The molecule has 0 amide bonds. The molecule has 20 heavy (non-hydrogen) atoms. The average Bonchev–Trinajstić information content (AvgIpc) is 2.97. The monoisotopic (exact) mass is 309 g/mol. The molecule has 2 heterocycles. The van der Waals surface area contributed by atoms with Crippen molar-refractivity contribution in [2.45, 2.75) is 18.4 Å². The van der Waals surface area contributed by atoms with Crippen LogP contribution in [0.15, 0.2) is 35.5 Å². The molecule has 0 fully saturated rings. The molecule has 1 aromatic carbocycles. The van der Waals surface area contributed by atoms with Gasteiger partial charge >= 0.3 is 0 Å². The zero-order valence-electron chi connectivity index (χ0n) is 10.5. The Bertz CT molecular complexity index is 824. The van der Waals surface area contributed by atoms with Crippen molar-refractivity contribution < 1.29 is 8.42 Å². The van der Waals surface area contributed by atoms with Crippen LogP contribution in [0.25, 0.3) is 4.96 Å². The molecule has 1 N–H and O–H groups in total. The third-order valence-corrected chi connectivity index (χ3v) is 4.95. The molecule has 0 spiro atoms. The highest BCUT2D eigenvalue weighted by atomic mass is 32.2. The van der Waals surface area contributed by atoms with Crippen molar-refractivity contribution in [3.8, 4) is 0 Å². The van der Waals surface area contributed by atoms with Crippen LogP contribution in [0.2, 0.25) is 0 Å². The van der Waals surface area contributed by atoms with Crippen LogP contribution in [-0.4, -0.2) is 28.2 Å². The molecule has 3 rings (SSSR count). The van der Waals surface area contributed by atoms with Crippen molar-refractivity contribution in [1.29, 1.82) is 0 Å². The molecule has 0 radical (unpaired) electrons. The quantitative estimate of drug-likeness (QED) is 0.776. The largest absolute Gasteiger partial charge is 0.240 e. The molecule has 0 aliphatic carbocycles. The number of hydrogen-bond acceptors (Lipinski definition) is 6. The van der Waals surface area contributed by atoms with Crippen molar-refractivity contribution in [3.05, 3.63) is 41.2 Å². The van der Waals surface area contributed by atoms with Gasteiger partial charge in [-0.1, -0.05) is 23.5 Å². The number of benzene rings is 1. The number of fused-ring (bicyclic) bond motifs is 1. The summed E-state index contributed by atoms with van der Waals surface area (Å²) in [7, 11) is -3.53. The number of nitrogens with one attached hydrogen (secondary N) is 1. The number of hydrogen-bond donors (Lipinski definition) is 1. The number of rotatable bonds is 4. The summed E-state index contributed by atoms with van der Waals surface area (Å²) in [6, 6.07) is 6.75. The average molecular weight is 309 g/mol. The van der Waals surface area contributed by atoms with Gasteiger partial charge in [0.1, 0.15) is 11.3 Å². The number of sulfonamides is 1. The normalized spacial score (nSPS) is 12.1. The fourth-order valence-corrected chi connectivity index (χ4v) is 3.63. The second-order valence-corrected chi connectivity index (χ2v) is 7.00. The summed E-state index contributed by atoms with van der Waals surface area (Å²) in [5.41, 5.74) is 0.895. The Morgan fingerprint density at radius 1 is 1.40 bits per heavy atom. The van der Waals surface area contributed by atoms with Crippen molar-refractivity contribution in [1.82, 2.24) is 24.5 Å². The lowest BCUT2D eigenvalue weighted by Gasteiger charge is -2.05. The van der Waals surface area contributed by atoms with E-state index in [0.29, 0.717) is 9.97 Å². The van der Waals surface area contributed by atoms with Gasteiger partial charge in [0.05, 0.1) is 11.4 Å². The fourth-order valence-electron chi connectivity index (χ4n) is 1.70. The predicted octanol–water partition coefficient (Wildman–Crippen LogP) is 0.973. The summed E-state index contributed by atoms with van der Waals surface area (Å²) in [5, 5.41) is 12.3. The SMILES string of the molecule is Cc1cccc(S(=O)(=O)NCc2nn3cnnc3s2)c1. The smallest absolute Gasteiger partial charge is 0.207 e. The van der Waals surface area contributed by atoms with E-state index >= 15 is 0 Å². The van der Waals surface area contributed by atoms with Gasteiger partial charge in [0, 0.05) is 0 Å². The fraction of sp³-hybridized carbons (Fsp3) is 0.182. The van der Waals surface area contributed by atoms with Crippen LogP contribution >= 0.6 is 11.3 Å². The van der Waals surface area contributed by atoms with Gasteiger partial charge in [-0.05, 0) is 24.6 Å². The van der Waals surface area contributed by atoms with Gasteiger partial charge in [-0.15, -0.1) is 10.2 Å². The van der Waals surface area contributed by atoms with Crippen LogP contribution in [-0.2, 0) is 16.6 Å². The Hall–Kier alpha value is -1.84. The summed E-state index contributed by atoms with van der Waals surface area (Å²) in [6.07, 6.45) is 1.48. The second kappa shape index (κ2) is 4.93. The van der Waals surface area contributed by atoms with Crippen LogP contribution in [0.1, 0.15) is 10.6 Å². The third-order valence-electron chi connectivity index (χ3n) is 2.64. The van der Waals surface area contributed by atoms with Gasteiger partial charge in [0.2, 0.25) is 15.0 Å². The van der Waals surface area contributed by atoms with E-state index < -0.39 is 10.0 Å². The maximum atomic E-state index is 12.1. The zero-order valence-corrected chi connectivity index (χ0v) is 12.1. The van der Waals surface area contributed by atoms with E-state index in [9.17, 15) is 8.42 Å². The highest BCUT2D eigenvalue weighted by Crippen LogP contribution is 2.14. The van der Waals surface area contributed by atoms with Crippen LogP contribution < -0.4 is 4.72 Å². The molecule has 0 atom stereocenters. The molecule has 0 saturated carbocycles. The summed E-state index contributed by atoms with van der Waals surface area (Å²) < 4.78 is 28.3. The van der Waals surface area contributed by atoms with E-state index in [1.165, 1.54) is 22.2 Å². The molecule has 0 aliphatic rings. The van der Waals surface area contributed by atoms with E-state index in [-0.39, 0.29) is 11.4 Å². The minimum atomic E-state index is -3.53. The summed E-state index contributed by atoms with van der Waals surface area (Å²) >= 11 is 1.29. The predicted molar refractivity (Wildman–Crippen MR) is 73.9 cm³/mol. The van der Waals surface area contributed by atoms with Crippen molar-refractivity contribution in [2.75, 3.05) is 0 Å². The van der Waals surface area contributed by atoms with E-state index in [1.54, 1.807) is 18.2 Å². The Morgan fingerprint density at radius 2 is 2.25 bits per heavy atom. The van der Waals surface area contributed by atoms with Gasteiger partial charge < -0.3 is 0 Å². The minimum Gasteiger partial charge on any atom is -0.207 e. The first-order valence-electron chi connectivity index (χ1n) is 5.77. The molecule has 9 heteroatoms. The lowest BCUT2D eigenvalue weighted by atomic mass is 10.2. The highest BCUT2D eigenvalue weighted by Gasteiger charge is 2.15. The second-order valence-electron chi connectivity index (χ2n) is 4.19. The Kier molecular flexibility index (Phi) is 3.24. The lowest BCUT2D eigenvalue weighted by Crippen LogP contribution is -2.23. The van der Waals surface area contributed by atoms with Gasteiger partial charge in [-0.3, -0.25) is 0 Å².